The van der Waals surface area contributed by atoms with E-state index < -0.39 is 23.6 Å². The molecule has 0 aromatic heterocycles. The van der Waals surface area contributed by atoms with E-state index in [1.807, 2.05) is 38.1 Å². The number of carbonyl (C=O) groups is 3. The molecule has 7 heteroatoms. The summed E-state index contributed by atoms with van der Waals surface area (Å²) < 4.78 is 5.63. The highest BCUT2D eigenvalue weighted by molar-refractivity contribution is 5.94. The number of nitrogens with zero attached hydrogens (tertiary/aromatic N) is 1. The van der Waals surface area contributed by atoms with Crippen LogP contribution in [0.15, 0.2) is 48.5 Å². The van der Waals surface area contributed by atoms with Crippen molar-refractivity contribution in [2.75, 3.05) is 13.2 Å². The normalized spacial score (nSPS) is 23.5. The number of aliphatic carboxylic acids is 1. The molecule has 1 saturated heterocycles. The van der Waals surface area contributed by atoms with Crippen LogP contribution in [0, 0.1) is 11.8 Å². The Hall–Kier alpha value is -3.35. The van der Waals surface area contributed by atoms with Gasteiger partial charge in [-0.15, -0.1) is 0 Å². The molecule has 2 aliphatic carbocycles. The first kappa shape index (κ1) is 22.4. The number of alkyl carbamates (subject to hydrolysis) is 1. The number of amides is 2. The molecule has 1 saturated carbocycles. The van der Waals surface area contributed by atoms with Crippen molar-refractivity contribution < 1.29 is 24.2 Å². The van der Waals surface area contributed by atoms with Crippen LogP contribution < -0.4 is 5.32 Å². The van der Waals surface area contributed by atoms with Crippen LogP contribution in [0.2, 0.25) is 0 Å². The molecule has 178 valence electrons. The lowest BCUT2D eigenvalue weighted by atomic mass is 9.97. The van der Waals surface area contributed by atoms with Crippen molar-refractivity contribution in [2.45, 2.75) is 50.6 Å². The zero-order chi connectivity index (χ0) is 24.0. The number of carbonyl (C=O) groups excluding carboxylic acids is 2. The summed E-state index contributed by atoms with van der Waals surface area (Å²) in [7, 11) is 0. The van der Waals surface area contributed by atoms with Gasteiger partial charge in [-0.2, -0.15) is 0 Å². The second-order valence-corrected chi connectivity index (χ2v) is 9.95. The molecule has 1 heterocycles. The minimum Gasteiger partial charge on any atom is -0.479 e. The molecular weight excluding hydrogens is 432 g/mol. The van der Waals surface area contributed by atoms with E-state index in [4.69, 9.17) is 4.74 Å². The summed E-state index contributed by atoms with van der Waals surface area (Å²) in [6.07, 6.45) is 1.43. The average Bonchev–Trinajstić information content (AvgIpc) is 3.51. The van der Waals surface area contributed by atoms with Gasteiger partial charge in [0.05, 0.1) is 0 Å². The second kappa shape index (κ2) is 8.46. The first-order valence-electron chi connectivity index (χ1n) is 12.0. The van der Waals surface area contributed by atoms with Crippen molar-refractivity contribution in [3.63, 3.8) is 0 Å². The van der Waals surface area contributed by atoms with Crippen LogP contribution in [0.1, 0.15) is 50.2 Å². The Labute approximate surface area is 199 Å². The number of likely N-dealkylation sites (tertiary alicyclic amines) is 1. The van der Waals surface area contributed by atoms with Crippen molar-refractivity contribution in [3.8, 4) is 11.1 Å². The van der Waals surface area contributed by atoms with Crippen molar-refractivity contribution >= 4 is 18.0 Å². The molecule has 0 radical (unpaired) electrons. The van der Waals surface area contributed by atoms with Gasteiger partial charge in [0, 0.05) is 12.5 Å². The molecule has 2 N–H and O–H groups in total. The third kappa shape index (κ3) is 3.54. The molecule has 0 spiro atoms. The minimum absolute atomic E-state index is 0.00460. The van der Waals surface area contributed by atoms with E-state index in [1.54, 1.807) is 0 Å². The van der Waals surface area contributed by atoms with Gasteiger partial charge in [0.1, 0.15) is 18.2 Å². The molecule has 0 bridgehead atoms. The van der Waals surface area contributed by atoms with E-state index in [0.29, 0.717) is 13.0 Å². The fourth-order valence-electron chi connectivity index (χ4n) is 5.82. The zero-order valence-electron chi connectivity index (χ0n) is 19.5. The number of benzene rings is 2. The Morgan fingerprint density at radius 3 is 2.29 bits per heavy atom. The largest absolute Gasteiger partial charge is 0.479 e. The van der Waals surface area contributed by atoms with E-state index >= 15 is 0 Å². The maximum absolute atomic E-state index is 13.4. The maximum atomic E-state index is 13.4. The molecular formula is C27H30N2O5. The Balaban J connectivity index is 1.28. The Morgan fingerprint density at radius 2 is 1.71 bits per heavy atom. The van der Waals surface area contributed by atoms with Crippen LogP contribution in [-0.2, 0) is 14.3 Å². The summed E-state index contributed by atoms with van der Waals surface area (Å²) in [5.41, 5.74) is 3.41. The minimum atomic E-state index is -1.11. The van der Waals surface area contributed by atoms with Gasteiger partial charge in [-0.3, -0.25) is 4.79 Å². The molecule has 2 unspecified atom stereocenters. The smallest absolute Gasteiger partial charge is 0.407 e. The SMILES string of the molecule is CC(C)[C@H](NC(=O)OCC1c2ccccc2-c2ccccc21)C(=O)N1CCCC2CC21C(=O)O. The molecule has 5 rings (SSSR count). The van der Waals surface area contributed by atoms with Crippen LogP contribution >= 0.6 is 0 Å². The van der Waals surface area contributed by atoms with Crippen LogP contribution in [0.4, 0.5) is 4.79 Å². The molecule has 2 fully saturated rings. The first-order chi connectivity index (χ1) is 16.3. The van der Waals surface area contributed by atoms with Gasteiger partial charge in [0.15, 0.2) is 0 Å². The quantitative estimate of drug-likeness (QED) is 0.676. The summed E-state index contributed by atoms with van der Waals surface area (Å²) in [5.74, 6) is -1.57. The van der Waals surface area contributed by atoms with Gasteiger partial charge in [-0.25, -0.2) is 9.59 Å². The fourth-order valence-corrected chi connectivity index (χ4v) is 5.82. The molecule has 2 amide bonds. The first-order valence-corrected chi connectivity index (χ1v) is 12.0. The molecule has 2 aromatic rings. The Kier molecular flexibility index (Phi) is 5.58. The summed E-state index contributed by atoms with van der Waals surface area (Å²) in [4.78, 5) is 39.7. The fraction of sp³-hybridized carbons (Fsp3) is 0.444. The van der Waals surface area contributed by atoms with Gasteiger partial charge < -0.3 is 20.1 Å². The lowest BCUT2D eigenvalue weighted by Gasteiger charge is -2.37. The molecule has 2 aromatic carbocycles. The molecule has 3 atom stereocenters. The predicted octanol–water partition coefficient (Wildman–Crippen LogP) is 4.02. The topological polar surface area (TPSA) is 95.9 Å². The zero-order valence-corrected chi connectivity index (χ0v) is 19.5. The standard InChI is InChI=1S/C27H30N2O5/c1-16(2)23(24(30)29-13-7-8-17-14-27(17,29)25(31)32)28-26(33)34-15-22-20-11-5-3-9-18(20)19-10-4-6-12-21(19)22/h3-6,9-12,16-17,22-23H,7-8,13-15H2,1-2H3,(H,28,33)(H,31,32)/t17?,23-,27?/m0/s1. The maximum Gasteiger partial charge on any atom is 0.407 e. The molecule has 3 aliphatic rings. The van der Waals surface area contributed by atoms with Crippen LogP contribution in [0.5, 0.6) is 0 Å². The van der Waals surface area contributed by atoms with Gasteiger partial charge in [-0.05, 0) is 53.4 Å². The van der Waals surface area contributed by atoms with Crippen LogP contribution in [0.25, 0.3) is 11.1 Å². The number of carboxylic acid groups (broad SMARTS) is 1. The highest BCUT2D eigenvalue weighted by Gasteiger charge is 2.67. The predicted molar refractivity (Wildman–Crippen MR) is 126 cm³/mol. The van der Waals surface area contributed by atoms with E-state index in [0.717, 1.165) is 35.1 Å². The summed E-state index contributed by atoms with van der Waals surface area (Å²) in [6, 6.07) is 15.4. The summed E-state index contributed by atoms with van der Waals surface area (Å²) in [6.45, 7) is 4.24. The Morgan fingerprint density at radius 1 is 1.09 bits per heavy atom. The van der Waals surface area contributed by atoms with Crippen LogP contribution in [0.3, 0.4) is 0 Å². The lowest BCUT2D eigenvalue weighted by Crippen LogP contribution is -2.59. The lowest BCUT2D eigenvalue weighted by molar-refractivity contribution is -0.156. The third-order valence-corrected chi connectivity index (χ3v) is 7.67. The van der Waals surface area contributed by atoms with Crippen molar-refractivity contribution in [3.05, 3.63) is 59.7 Å². The van der Waals surface area contributed by atoms with Crippen molar-refractivity contribution in [1.29, 1.82) is 0 Å². The number of hydrogen-bond donors (Lipinski definition) is 2. The number of piperidine rings is 1. The number of nitrogens with one attached hydrogen (secondary N) is 1. The van der Waals surface area contributed by atoms with E-state index in [2.05, 4.69) is 29.6 Å². The number of rotatable bonds is 6. The van der Waals surface area contributed by atoms with Gasteiger partial charge in [0.25, 0.3) is 0 Å². The summed E-state index contributed by atoms with van der Waals surface area (Å²) in [5, 5.41) is 12.6. The number of ether oxygens (including phenoxy) is 1. The van der Waals surface area contributed by atoms with E-state index in [9.17, 15) is 19.5 Å². The highest BCUT2D eigenvalue weighted by Crippen LogP contribution is 2.54. The Bertz CT molecular complexity index is 1100. The molecule has 7 nitrogen and oxygen atoms in total. The van der Waals surface area contributed by atoms with E-state index in [1.165, 1.54) is 4.90 Å². The van der Waals surface area contributed by atoms with Crippen molar-refractivity contribution in [1.82, 2.24) is 10.2 Å². The second-order valence-electron chi connectivity index (χ2n) is 9.95. The average molecular weight is 463 g/mol. The number of hydrogen-bond acceptors (Lipinski definition) is 4. The summed E-state index contributed by atoms with van der Waals surface area (Å²) >= 11 is 0. The highest BCUT2D eigenvalue weighted by atomic mass is 16.5. The van der Waals surface area contributed by atoms with Crippen molar-refractivity contribution in [2.24, 2.45) is 11.8 Å². The van der Waals surface area contributed by atoms with Gasteiger partial charge in [0.2, 0.25) is 5.91 Å². The number of fused-ring (bicyclic) bond motifs is 4. The molecule has 34 heavy (non-hydrogen) atoms. The number of carboxylic acids is 1. The third-order valence-electron chi connectivity index (χ3n) is 7.67. The van der Waals surface area contributed by atoms with E-state index in [-0.39, 0.29) is 30.3 Å². The van der Waals surface area contributed by atoms with Crippen LogP contribution in [-0.4, -0.2) is 52.7 Å². The van der Waals surface area contributed by atoms with Gasteiger partial charge >= 0.3 is 12.1 Å². The monoisotopic (exact) mass is 462 g/mol. The molecule has 1 aliphatic heterocycles. The van der Waals surface area contributed by atoms with Gasteiger partial charge in [-0.1, -0.05) is 62.4 Å².